The molecule has 4 rings (SSSR count). The summed E-state index contributed by atoms with van der Waals surface area (Å²) in [5.74, 6) is 2.53. The normalized spacial score (nSPS) is 19.0. The van der Waals surface area contributed by atoms with E-state index in [1.54, 1.807) is 0 Å². The molecule has 26 heavy (non-hydrogen) atoms. The summed E-state index contributed by atoms with van der Waals surface area (Å²) in [5, 5.41) is 12.6. The van der Waals surface area contributed by atoms with E-state index in [1.807, 2.05) is 22.9 Å². The second kappa shape index (κ2) is 7.59. The summed E-state index contributed by atoms with van der Waals surface area (Å²) in [7, 11) is 0. The molecule has 0 N–H and O–H groups in total. The minimum Gasteiger partial charge on any atom is -0.454 e. The van der Waals surface area contributed by atoms with Crippen LogP contribution in [0.15, 0.2) is 18.2 Å². The van der Waals surface area contributed by atoms with Crippen LogP contribution in [0.2, 0.25) is 0 Å². The molecule has 140 valence electrons. The lowest BCUT2D eigenvalue weighted by atomic mass is 10.1. The number of fused-ring (bicyclic) bond motifs is 1. The van der Waals surface area contributed by atoms with Crippen molar-refractivity contribution in [1.82, 2.24) is 30.0 Å². The van der Waals surface area contributed by atoms with Gasteiger partial charge in [0.25, 0.3) is 0 Å². The van der Waals surface area contributed by atoms with E-state index in [1.165, 1.54) is 0 Å². The van der Waals surface area contributed by atoms with Crippen molar-refractivity contribution < 1.29 is 9.47 Å². The SMILES string of the molecule is CC[C@H](c1nnnn1Cc1ccc2c(c1)OCO2)N1CCN(CC)CC1. The van der Waals surface area contributed by atoms with Gasteiger partial charge in [0.15, 0.2) is 17.3 Å². The molecule has 2 aliphatic heterocycles. The highest BCUT2D eigenvalue weighted by Gasteiger charge is 2.27. The molecule has 8 nitrogen and oxygen atoms in total. The molecule has 0 unspecified atom stereocenters. The van der Waals surface area contributed by atoms with Crippen LogP contribution in [-0.4, -0.2) is 69.5 Å². The van der Waals surface area contributed by atoms with Gasteiger partial charge < -0.3 is 14.4 Å². The molecule has 3 heterocycles. The van der Waals surface area contributed by atoms with Gasteiger partial charge in [-0.05, 0) is 41.1 Å². The Bertz CT molecular complexity index is 741. The summed E-state index contributed by atoms with van der Waals surface area (Å²) in [5.41, 5.74) is 1.11. The van der Waals surface area contributed by atoms with Gasteiger partial charge in [0.2, 0.25) is 6.79 Å². The Hall–Kier alpha value is -2.19. The Balaban J connectivity index is 1.50. The summed E-state index contributed by atoms with van der Waals surface area (Å²) in [4.78, 5) is 4.99. The van der Waals surface area contributed by atoms with Crippen molar-refractivity contribution in [2.75, 3.05) is 39.5 Å². The van der Waals surface area contributed by atoms with Gasteiger partial charge in [-0.15, -0.1) is 5.10 Å². The van der Waals surface area contributed by atoms with Crippen molar-refractivity contribution in [3.05, 3.63) is 29.6 Å². The predicted octanol–water partition coefficient (Wildman–Crippen LogP) is 1.54. The van der Waals surface area contributed by atoms with Crippen LogP contribution in [0, 0.1) is 0 Å². The third-order valence-electron chi connectivity index (χ3n) is 5.31. The minimum atomic E-state index is 0.248. The highest BCUT2D eigenvalue weighted by Crippen LogP contribution is 2.33. The van der Waals surface area contributed by atoms with Crippen LogP contribution >= 0.6 is 0 Å². The molecule has 1 atom stereocenters. The first-order chi connectivity index (χ1) is 12.8. The number of hydrogen-bond acceptors (Lipinski definition) is 7. The number of ether oxygens (including phenoxy) is 2. The fourth-order valence-electron chi connectivity index (χ4n) is 3.77. The average molecular weight is 358 g/mol. The lowest BCUT2D eigenvalue weighted by Crippen LogP contribution is -2.47. The van der Waals surface area contributed by atoms with Crippen molar-refractivity contribution in [3.8, 4) is 11.5 Å². The second-order valence-electron chi connectivity index (χ2n) is 6.78. The molecule has 0 saturated carbocycles. The van der Waals surface area contributed by atoms with Crippen LogP contribution in [0.5, 0.6) is 11.5 Å². The molecule has 1 aromatic heterocycles. The van der Waals surface area contributed by atoms with Crippen molar-refractivity contribution in [2.24, 2.45) is 0 Å². The van der Waals surface area contributed by atoms with E-state index in [0.717, 1.165) is 62.0 Å². The zero-order valence-electron chi connectivity index (χ0n) is 15.5. The van der Waals surface area contributed by atoms with Crippen LogP contribution in [-0.2, 0) is 6.54 Å². The highest BCUT2D eigenvalue weighted by atomic mass is 16.7. The summed E-state index contributed by atoms with van der Waals surface area (Å²) < 4.78 is 12.8. The Morgan fingerprint density at radius 2 is 1.88 bits per heavy atom. The number of benzene rings is 1. The lowest BCUT2D eigenvalue weighted by molar-refractivity contribution is 0.0915. The van der Waals surface area contributed by atoms with Gasteiger partial charge in [0.05, 0.1) is 12.6 Å². The highest BCUT2D eigenvalue weighted by molar-refractivity contribution is 5.44. The van der Waals surface area contributed by atoms with Crippen LogP contribution in [0.25, 0.3) is 0 Å². The van der Waals surface area contributed by atoms with E-state index in [-0.39, 0.29) is 12.8 Å². The number of rotatable bonds is 6. The zero-order chi connectivity index (χ0) is 17.9. The molecule has 0 amide bonds. The summed E-state index contributed by atoms with van der Waals surface area (Å²) in [6, 6.07) is 6.25. The Morgan fingerprint density at radius 1 is 1.08 bits per heavy atom. The number of likely N-dealkylation sites (N-methyl/N-ethyl adjacent to an activating group) is 1. The van der Waals surface area contributed by atoms with Gasteiger partial charge in [0.1, 0.15) is 0 Å². The topological polar surface area (TPSA) is 68.5 Å². The second-order valence-corrected chi connectivity index (χ2v) is 6.78. The smallest absolute Gasteiger partial charge is 0.231 e. The van der Waals surface area contributed by atoms with E-state index in [9.17, 15) is 0 Å². The average Bonchev–Trinajstić information content (AvgIpc) is 3.32. The monoisotopic (exact) mass is 358 g/mol. The Labute approximate surface area is 153 Å². The number of tetrazole rings is 1. The van der Waals surface area contributed by atoms with Gasteiger partial charge in [-0.25, -0.2) is 4.68 Å². The van der Waals surface area contributed by atoms with Gasteiger partial charge in [-0.3, -0.25) is 4.90 Å². The number of nitrogens with zero attached hydrogens (tertiary/aromatic N) is 6. The third kappa shape index (κ3) is 3.39. The van der Waals surface area contributed by atoms with E-state index in [2.05, 4.69) is 39.2 Å². The quantitative estimate of drug-likeness (QED) is 0.776. The standard InChI is InChI=1S/C18H26N6O2/c1-3-15(23-9-7-22(4-2)8-10-23)18-19-20-21-24(18)12-14-5-6-16-17(11-14)26-13-25-16/h5-6,11,15H,3-4,7-10,12-13H2,1-2H3/t15-/m1/s1. The van der Waals surface area contributed by atoms with Crippen molar-refractivity contribution in [1.29, 1.82) is 0 Å². The first kappa shape index (κ1) is 17.2. The van der Waals surface area contributed by atoms with Crippen LogP contribution in [0.3, 0.4) is 0 Å². The number of aromatic nitrogens is 4. The Kier molecular flexibility index (Phi) is 5.03. The molecule has 0 aliphatic carbocycles. The van der Waals surface area contributed by atoms with Crippen molar-refractivity contribution in [2.45, 2.75) is 32.9 Å². The van der Waals surface area contributed by atoms with E-state index < -0.39 is 0 Å². The summed E-state index contributed by atoms with van der Waals surface area (Å²) in [6.45, 7) is 10.8. The number of piperazine rings is 1. The zero-order valence-corrected chi connectivity index (χ0v) is 15.5. The first-order valence-electron chi connectivity index (χ1n) is 9.39. The molecule has 1 saturated heterocycles. The molecular formula is C18H26N6O2. The molecule has 2 aliphatic rings. The fourth-order valence-corrected chi connectivity index (χ4v) is 3.77. The van der Waals surface area contributed by atoms with Gasteiger partial charge >= 0.3 is 0 Å². The number of hydrogen-bond donors (Lipinski definition) is 0. The van der Waals surface area contributed by atoms with Gasteiger partial charge in [-0.1, -0.05) is 19.9 Å². The molecule has 1 fully saturated rings. The summed E-state index contributed by atoms with van der Waals surface area (Å²) in [6.07, 6.45) is 0.994. The minimum absolute atomic E-state index is 0.248. The maximum absolute atomic E-state index is 5.48. The predicted molar refractivity (Wildman–Crippen MR) is 96.2 cm³/mol. The molecule has 0 bridgehead atoms. The molecule has 0 radical (unpaired) electrons. The molecule has 8 heteroatoms. The first-order valence-corrected chi connectivity index (χ1v) is 9.39. The molecule has 1 aromatic carbocycles. The van der Waals surface area contributed by atoms with Crippen LogP contribution in [0.1, 0.15) is 37.7 Å². The van der Waals surface area contributed by atoms with Crippen molar-refractivity contribution >= 4 is 0 Å². The van der Waals surface area contributed by atoms with Crippen LogP contribution < -0.4 is 9.47 Å². The van der Waals surface area contributed by atoms with Gasteiger partial charge in [0, 0.05) is 26.2 Å². The Morgan fingerprint density at radius 3 is 2.65 bits per heavy atom. The largest absolute Gasteiger partial charge is 0.454 e. The molecular weight excluding hydrogens is 332 g/mol. The van der Waals surface area contributed by atoms with E-state index >= 15 is 0 Å². The maximum Gasteiger partial charge on any atom is 0.231 e. The summed E-state index contributed by atoms with van der Waals surface area (Å²) >= 11 is 0. The molecule has 2 aromatic rings. The van der Waals surface area contributed by atoms with E-state index in [4.69, 9.17) is 9.47 Å². The van der Waals surface area contributed by atoms with E-state index in [0.29, 0.717) is 6.54 Å². The third-order valence-corrected chi connectivity index (χ3v) is 5.31. The van der Waals surface area contributed by atoms with Crippen LogP contribution in [0.4, 0.5) is 0 Å². The van der Waals surface area contributed by atoms with Crippen molar-refractivity contribution in [3.63, 3.8) is 0 Å². The maximum atomic E-state index is 5.48. The van der Waals surface area contributed by atoms with Gasteiger partial charge in [-0.2, -0.15) is 0 Å². The molecule has 0 spiro atoms. The fraction of sp³-hybridized carbons (Fsp3) is 0.611. The lowest BCUT2D eigenvalue weighted by Gasteiger charge is -2.38.